The van der Waals surface area contributed by atoms with Crippen molar-refractivity contribution in [1.82, 2.24) is 20.3 Å². The van der Waals surface area contributed by atoms with Crippen LogP contribution in [0, 0.1) is 19.8 Å². The lowest BCUT2D eigenvalue weighted by atomic mass is 10.1. The molecule has 2 aromatic heterocycles. The van der Waals surface area contributed by atoms with Crippen LogP contribution in [0.4, 0.5) is 0 Å². The van der Waals surface area contributed by atoms with Gasteiger partial charge in [0.2, 0.25) is 5.91 Å². The summed E-state index contributed by atoms with van der Waals surface area (Å²) < 4.78 is 7.18. The summed E-state index contributed by atoms with van der Waals surface area (Å²) >= 11 is 0. The minimum absolute atomic E-state index is 0.0596. The third-order valence-electron chi connectivity index (χ3n) is 4.46. The number of carbonyl (C=O) groups is 1. The molecule has 6 nitrogen and oxygen atoms in total. The van der Waals surface area contributed by atoms with Crippen molar-refractivity contribution >= 4 is 5.91 Å². The first-order valence-corrected chi connectivity index (χ1v) is 9.25. The SMILES string of the molecule is Cc1nn(-c2ccccc2)c(C)c1CC(=O)NCc1cc(CC(C)C)no1. The quantitative estimate of drug-likeness (QED) is 0.694. The fourth-order valence-corrected chi connectivity index (χ4v) is 3.11. The number of nitrogens with zero attached hydrogens (tertiary/aromatic N) is 3. The summed E-state index contributed by atoms with van der Waals surface area (Å²) in [5.41, 5.74) is 4.71. The van der Waals surface area contributed by atoms with E-state index in [0.717, 1.165) is 34.8 Å². The number of aromatic nitrogens is 3. The minimum Gasteiger partial charge on any atom is -0.359 e. The van der Waals surface area contributed by atoms with Crippen LogP contribution in [0.5, 0.6) is 0 Å². The number of benzene rings is 1. The molecule has 27 heavy (non-hydrogen) atoms. The van der Waals surface area contributed by atoms with Crippen LogP contribution in [0.1, 0.15) is 42.3 Å². The van der Waals surface area contributed by atoms with Crippen LogP contribution < -0.4 is 5.32 Å². The van der Waals surface area contributed by atoms with Crippen LogP contribution >= 0.6 is 0 Å². The summed E-state index contributed by atoms with van der Waals surface area (Å²) in [5.74, 6) is 1.13. The lowest BCUT2D eigenvalue weighted by Crippen LogP contribution is -2.24. The van der Waals surface area contributed by atoms with E-state index in [-0.39, 0.29) is 12.3 Å². The Kier molecular flexibility index (Phi) is 5.74. The van der Waals surface area contributed by atoms with Crippen molar-refractivity contribution in [2.75, 3.05) is 0 Å². The van der Waals surface area contributed by atoms with Crippen LogP contribution in [-0.2, 0) is 24.2 Å². The monoisotopic (exact) mass is 366 g/mol. The molecule has 0 fully saturated rings. The molecule has 0 bridgehead atoms. The summed E-state index contributed by atoms with van der Waals surface area (Å²) in [7, 11) is 0. The number of amides is 1. The molecule has 0 aliphatic rings. The standard InChI is InChI=1S/C21H26N4O2/c1-14(2)10-17-11-19(27-24-17)13-22-21(26)12-20-15(3)23-25(16(20)4)18-8-6-5-7-9-18/h5-9,11,14H,10,12-13H2,1-4H3,(H,22,26). The Labute approximate surface area is 159 Å². The molecule has 0 radical (unpaired) electrons. The number of nitrogens with one attached hydrogen (secondary N) is 1. The first kappa shape index (κ1) is 18.9. The number of rotatable bonds is 7. The summed E-state index contributed by atoms with van der Waals surface area (Å²) in [5, 5.41) is 11.5. The predicted octanol–water partition coefficient (Wildman–Crippen LogP) is 3.53. The fraction of sp³-hybridized carbons (Fsp3) is 0.381. The number of carbonyl (C=O) groups excluding carboxylic acids is 1. The van der Waals surface area contributed by atoms with Gasteiger partial charge in [-0.1, -0.05) is 37.2 Å². The number of para-hydroxylation sites is 1. The van der Waals surface area contributed by atoms with Gasteiger partial charge in [-0.15, -0.1) is 0 Å². The average molecular weight is 366 g/mol. The average Bonchev–Trinajstić information content (AvgIpc) is 3.19. The highest BCUT2D eigenvalue weighted by Crippen LogP contribution is 2.18. The smallest absolute Gasteiger partial charge is 0.224 e. The van der Waals surface area contributed by atoms with E-state index in [1.54, 1.807) is 0 Å². The van der Waals surface area contributed by atoms with Crippen LogP contribution in [0.3, 0.4) is 0 Å². The molecule has 0 unspecified atom stereocenters. The van der Waals surface area contributed by atoms with E-state index >= 15 is 0 Å². The first-order chi connectivity index (χ1) is 12.9. The van der Waals surface area contributed by atoms with Gasteiger partial charge in [-0.2, -0.15) is 5.10 Å². The molecule has 0 aliphatic heterocycles. The summed E-state index contributed by atoms with van der Waals surface area (Å²) in [4.78, 5) is 12.4. The molecule has 0 saturated heterocycles. The predicted molar refractivity (Wildman–Crippen MR) is 104 cm³/mol. The van der Waals surface area contributed by atoms with Gasteiger partial charge in [-0.3, -0.25) is 4.79 Å². The Balaban J connectivity index is 1.63. The molecule has 0 spiro atoms. The van der Waals surface area contributed by atoms with Gasteiger partial charge in [0, 0.05) is 17.3 Å². The number of hydrogen-bond donors (Lipinski definition) is 1. The molecule has 0 aliphatic carbocycles. The molecule has 1 amide bonds. The lowest BCUT2D eigenvalue weighted by Gasteiger charge is -2.06. The number of aryl methyl sites for hydroxylation is 1. The second-order valence-corrected chi connectivity index (χ2v) is 7.23. The zero-order chi connectivity index (χ0) is 19.4. The maximum atomic E-state index is 12.4. The third kappa shape index (κ3) is 4.64. The van der Waals surface area contributed by atoms with Crippen molar-refractivity contribution in [3.05, 3.63) is 64.8 Å². The van der Waals surface area contributed by atoms with E-state index in [2.05, 4.69) is 29.4 Å². The zero-order valence-electron chi connectivity index (χ0n) is 16.3. The number of hydrogen-bond acceptors (Lipinski definition) is 4. The summed E-state index contributed by atoms with van der Waals surface area (Å²) in [6, 6.07) is 11.8. The van der Waals surface area contributed by atoms with Gasteiger partial charge in [0.1, 0.15) is 0 Å². The molecule has 6 heteroatoms. The summed E-state index contributed by atoms with van der Waals surface area (Å²) in [6.45, 7) is 8.54. The second kappa shape index (κ2) is 8.20. The van der Waals surface area contributed by atoms with Gasteiger partial charge in [0.15, 0.2) is 5.76 Å². The molecule has 0 saturated carbocycles. The van der Waals surface area contributed by atoms with Crippen LogP contribution in [-0.4, -0.2) is 20.8 Å². The van der Waals surface area contributed by atoms with E-state index in [0.29, 0.717) is 18.2 Å². The highest BCUT2D eigenvalue weighted by Gasteiger charge is 2.16. The molecule has 3 aromatic rings. The highest BCUT2D eigenvalue weighted by atomic mass is 16.5. The minimum atomic E-state index is -0.0596. The van der Waals surface area contributed by atoms with Crippen molar-refractivity contribution in [2.24, 2.45) is 5.92 Å². The van der Waals surface area contributed by atoms with Gasteiger partial charge >= 0.3 is 0 Å². The topological polar surface area (TPSA) is 73.0 Å². The van der Waals surface area contributed by atoms with Gasteiger partial charge in [-0.25, -0.2) is 4.68 Å². The zero-order valence-corrected chi connectivity index (χ0v) is 16.3. The largest absolute Gasteiger partial charge is 0.359 e. The van der Waals surface area contributed by atoms with Gasteiger partial charge in [-0.05, 0) is 38.3 Å². The van der Waals surface area contributed by atoms with Crippen LogP contribution in [0.15, 0.2) is 40.9 Å². The Hall–Kier alpha value is -2.89. The molecule has 1 aromatic carbocycles. The van der Waals surface area contributed by atoms with E-state index < -0.39 is 0 Å². The maximum Gasteiger partial charge on any atom is 0.224 e. The Morgan fingerprint density at radius 2 is 1.96 bits per heavy atom. The summed E-state index contributed by atoms with van der Waals surface area (Å²) in [6.07, 6.45) is 1.16. The van der Waals surface area contributed by atoms with E-state index in [4.69, 9.17) is 4.52 Å². The third-order valence-corrected chi connectivity index (χ3v) is 4.46. The van der Waals surface area contributed by atoms with E-state index in [1.807, 2.05) is 54.9 Å². The molecular formula is C21H26N4O2. The molecule has 3 rings (SSSR count). The van der Waals surface area contributed by atoms with Crippen LogP contribution in [0.2, 0.25) is 0 Å². The fourth-order valence-electron chi connectivity index (χ4n) is 3.11. The Bertz CT molecular complexity index is 910. The molecule has 1 N–H and O–H groups in total. The van der Waals surface area contributed by atoms with E-state index in [9.17, 15) is 4.79 Å². The molecular weight excluding hydrogens is 340 g/mol. The highest BCUT2D eigenvalue weighted by molar-refractivity contribution is 5.79. The molecule has 0 atom stereocenters. The van der Waals surface area contributed by atoms with Crippen molar-refractivity contribution in [3.63, 3.8) is 0 Å². The van der Waals surface area contributed by atoms with Gasteiger partial charge in [0.05, 0.1) is 30.0 Å². The van der Waals surface area contributed by atoms with Crippen molar-refractivity contribution in [3.8, 4) is 5.69 Å². The van der Waals surface area contributed by atoms with Crippen molar-refractivity contribution in [2.45, 2.75) is 47.1 Å². The van der Waals surface area contributed by atoms with Gasteiger partial charge < -0.3 is 9.84 Å². The van der Waals surface area contributed by atoms with Crippen molar-refractivity contribution in [1.29, 1.82) is 0 Å². The van der Waals surface area contributed by atoms with E-state index in [1.165, 1.54) is 0 Å². The first-order valence-electron chi connectivity index (χ1n) is 9.25. The van der Waals surface area contributed by atoms with Crippen molar-refractivity contribution < 1.29 is 9.32 Å². The maximum absolute atomic E-state index is 12.4. The Morgan fingerprint density at radius 3 is 2.67 bits per heavy atom. The van der Waals surface area contributed by atoms with Crippen LogP contribution in [0.25, 0.3) is 5.69 Å². The van der Waals surface area contributed by atoms with Gasteiger partial charge in [0.25, 0.3) is 0 Å². The lowest BCUT2D eigenvalue weighted by molar-refractivity contribution is -0.120. The Morgan fingerprint density at radius 1 is 1.22 bits per heavy atom. The second-order valence-electron chi connectivity index (χ2n) is 7.23. The molecule has 142 valence electrons. The molecule has 2 heterocycles. The normalized spacial score (nSPS) is 11.1.